The number of oxazole rings is 1. The van der Waals surface area contributed by atoms with Crippen molar-refractivity contribution in [3.05, 3.63) is 27.0 Å². The first-order valence-corrected chi connectivity index (χ1v) is 7.09. The van der Waals surface area contributed by atoms with Crippen LogP contribution in [0.4, 0.5) is 0 Å². The third-order valence-electron chi connectivity index (χ3n) is 3.53. The van der Waals surface area contributed by atoms with Gasteiger partial charge in [0.2, 0.25) is 0 Å². The molecule has 1 aromatic heterocycles. The van der Waals surface area contributed by atoms with Gasteiger partial charge in [-0.2, -0.15) is 0 Å². The molecule has 1 heterocycles. The molecule has 1 aliphatic rings. The molecule has 0 aliphatic heterocycles. The van der Waals surface area contributed by atoms with Crippen molar-refractivity contribution < 1.29 is 4.42 Å². The SMILES string of the molecule is Cc1c(Br)cc(Cl)c2oc(C3CCCC3)nc12. The van der Waals surface area contributed by atoms with Crippen molar-refractivity contribution in [3.8, 4) is 0 Å². The molecular formula is C13H13BrClNO. The van der Waals surface area contributed by atoms with Crippen LogP contribution in [0.1, 0.15) is 43.1 Å². The summed E-state index contributed by atoms with van der Waals surface area (Å²) in [6, 6.07) is 1.88. The zero-order valence-corrected chi connectivity index (χ0v) is 11.9. The first-order chi connectivity index (χ1) is 8.16. The first kappa shape index (κ1) is 11.5. The zero-order chi connectivity index (χ0) is 12.0. The van der Waals surface area contributed by atoms with Crippen LogP contribution in [0.25, 0.3) is 11.1 Å². The number of rotatable bonds is 1. The summed E-state index contributed by atoms with van der Waals surface area (Å²) < 4.78 is 6.84. The van der Waals surface area contributed by atoms with Gasteiger partial charge in [0.05, 0.1) is 5.02 Å². The van der Waals surface area contributed by atoms with E-state index in [2.05, 4.69) is 20.9 Å². The molecule has 0 N–H and O–H groups in total. The highest BCUT2D eigenvalue weighted by atomic mass is 79.9. The number of hydrogen-bond donors (Lipinski definition) is 0. The van der Waals surface area contributed by atoms with E-state index in [0.717, 1.165) is 27.0 Å². The summed E-state index contributed by atoms with van der Waals surface area (Å²) in [4.78, 5) is 4.63. The second-order valence-electron chi connectivity index (χ2n) is 4.68. The average molecular weight is 315 g/mol. The van der Waals surface area contributed by atoms with E-state index in [9.17, 15) is 0 Å². The minimum atomic E-state index is 0.483. The lowest BCUT2D eigenvalue weighted by Gasteiger charge is -2.00. The van der Waals surface area contributed by atoms with E-state index in [1.54, 1.807) is 0 Å². The molecule has 1 saturated carbocycles. The van der Waals surface area contributed by atoms with Crippen molar-refractivity contribution in [2.45, 2.75) is 38.5 Å². The maximum absolute atomic E-state index is 6.19. The molecule has 0 radical (unpaired) electrons. The highest BCUT2D eigenvalue weighted by Crippen LogP contribution is 2.38. The van der Waals surface area contributed by atoms with Crippen molar-refractivity contribution in [1.82, 2.24) is 4.98 Å². The molecule has 0 unspecified atom stereocenters. The van der Waals surface area contributed by atoms with Crippen LogP contribution < -0.4 is 0 Å². The molecule has 90 valence electrons. The van der Waals surface area contributed by atoms with Gasteiger partial charge in [0.25, 0.3) is 0 Å². The number of halogens is 2. The smallest absolute Gasteiger partial charge is 0.198 e. The normalized spacial score (nSPS) is 17.1. The molecule has 0 amide bonds. The Morgan fingerprint density at radius 3 is 2.82 bits per heavy atom. The Hall–Kier alpha value is -0.540. The average Bonchev–Trinajstić information content (AvgIpc) is 2.94. The Kier molecular flexibility index (Phi) is 2.91. The highest BCUT2D eigenvalue weighted by Gasteiger charge is 2.24. The molecule has 1 aromatic carbocycles. The lowest BCUT2D eigenvalue weighted by atomic mass is 10.1. The fraction of sp³-hybridized carbons (Fsp3) is 0.462. The summed E-state index contributed by atoms with van der Waals surface area (Å²) in [6.07, 6.45) is 4.93. The second kappa shape index (κ2) is 4.29. The Labute approximate surface area is 113 Å². The first-order valence-electron chi connectivity index (χ1n) is 5.92. The summed E-state index contributed by atoms with van der Waals surface area (Å²) in [5.41, 5.74) is 2.72. The number of fused-ring (bicyclic) bond motifs is 1. The van der Waals surface area contributed by atoms with Crippen LogP contribution in [-0.4, -0.2) is 4.98 Å². The molecule has 1 aliphatic carbocycles. The molecule has 0 atom stereocenters. The molecule has 3 rings (SSSR count). The Morgan fingerprint density at radius 2 is 2.12 bits per heavy atom. The maximum atomic E-state index is 6.19. The molecule has 4 heteroatoms. The molecule has 2 nitrogen and oxygen atoms in total. The lowest BCUT2D eigenvalue weighted by Crippen LogP contribution is -1.91. The summed E-state index contributed by atoms with van der Waals surface area (Å²) >= 11 is 9.68. The predicted molar refractivity (Wildman–Crippen MR) is 72.7 cm³/mol. The van der Waals surface area contributed by atoms with Crippen molar-refractivity contribution >= 4 is 38.6 Å². The van der Waals surface area contributed by atoms with E-state index in [0.29, 0.717) is 10.9 Å². The second-order valence-corrected chi connectivity index (χ2v) is 5.94. The molecule has 17 heavy (non-hydrogen) atoms. The molecule has 0 bridgehead atoms. The minimum Gasteiger partial charge on any atom is -0.439 e. The number of benzene rings is 1. The van der Waals surface area contributed by atoms with Crippen LogP contribution in [0, 0.1) is 6.92 Å². The van der Waals surface area contributed by atoms with Gasteiger partial charge in [-0.05, 0) is 31.4 Å². The fourth-order valence-electron chi connectivity index (χ4n) is 2.50. The quantitative estimate of drug-likeness (QED) is 0.722. The van der Waals surface area contributed by atoms with Gasteiger partial charge < -0.3 is 4.42 Å². The standard InChI is InChI=1S/C13H13BrClNO/c1-7-9(14)6-10(15)12-11(7)16-13(17-12)8-4-2-3-5-8/h6,8H,2-5H2,1H3. The van der Waals surface area contributed by atoms with Crippen LogP contribution in [-0.2, 0) is 0 Å². The van der Waals surface area contributed by atoms with Crippen LogP contribution in [0.3, 0.4) is 0 Å². The molecule has 2 aromatic rings. The number of nitrogens with zero attached hydrogens (tertiary/aromatic N) is 1. The van der Waals surface area contributed by atoms with Crippen molar-refractivity contribution in [3.63, 3.8) is 0 Å². The number of aromatic nitrogens is 1. The van der Waals surface area contributed by atoms with Gasteiger partial charge in [0.1, 0.15) is 5.52 Å². The van der Waals surface area contributed by atoms with Crippen LogP contribution >= 0.6 is 27.5 Å². The van der Waals surface area contributed by atoms with Gasteiger partial charge in [-0.1, -0.05) is 40.4 Å². The van der Waals surface area contributed by atoms with Crippen molar-refractivity contribution in [1.29, 1.82) is 0 Å². The van der Waals surface area contributed by atoms with E-state index in [1.807, 2.05) is 13.0 Å². The van der Waals surface area contributed by atoms with Gasteiger partial charge in [0, 0.05) is 10.4 Å². The Morgan fingerprint density at radius 1 is 1.41 bits per heavy atom. The van der Waals surface area contributed by atoms with Crippen LogP contribution in [0.5, 0.6) is 0 Å². The van der Waals surface area contributed by atoms with Crippen molar-refractivity contribution in [2.75, 3.05) is 0 Å². The summed E-state index contributed by atoms with van der Waals surface area (Å²) in [7, 11) is 0. The molecule has 1 fully saturated rings. The van der Waals surface area contributed by atoms with Crippen LogP contribution in [0.2, 0.25) is 5.02 Å². The van der Waals surface area contributed by atoms with Gasteiger partial charge >= 0.3 is 0 Å². The lowest BCUT2D eigenvalue weighted by molar-refractivity contribution is 0.474. The monoisotopic (exact) mass is 313 g/mol. The summed E-state index contributed by atoms with van der Waals surface area (Å²) in [6.45, 7) is 2.03. The Bertz CT molecular complexity index is 572. The van der Waals surface area contributed by atoms with E-state index < -0.39 is 0 Å². The van der Waals surface area contributed by atoms with Gasteiger partial charge in [0.15, 0.2) is 11.5 Å². The van der Waals surface area contributed by atoms with E-state index in [4.69, 9.17) is 16.0 Å². The third-order valence-corrected chi connectivity index (χ3v) is 4.64. The zero-order valence-electron chi connectivity index (χ0n) is 9.59. The van der Waals surface area contributed by atoms with Gasteiger partial charge in [-0.3, -0.25) is 0 Å². The summed E-state index contributed by atoms with van der Waals surface area (Å²) in [5.74, 6) is 1.34. The van der Waals surface area contributed by atoms with E-state index >= 15 is 0 Å². The highest BCUT2D eigenvalue weighted by molar-refractivity contribution is 9.10. The third kappa shape index (κ3) is 1.89. The maximum Gasteiger partial charge on any atom is 0.198 e. The molecule has 0 spiro atoms. The van der Waals surface area contributed by atoms with E-state index in [-0.39, 0.29) is 0 Å². The Balaban J connectivity index is 2.17. The summed E-state index contributed by atoms with van der Waals surface area (Å²) in [5, 5.41) is 0.634. The largest absolute Gasteiger partial charge is 0.439 e. The predicted octanol–water partition coefficient (Wildman–Crippen LogP) is 5.21. The molecule has 0 saturated heterocycles. The molecular weight excluding hydrogens is 302 g/mol. The number of aryl methyl sites for hydroxylation is 1. The topological polar surface area (TPSA) is 26.0 Å². The van der Waals surface area contributed by atoms with Gasteiger partial charge in [-0.15, -0.1) is 0 Å². The van der Waals surface area contributed by atoms with Gasteiger partial charge in [-0.25, -0.2) is 4.98 Å². The minimum absolute atomic E-state index is 0.483. The van der Waals surface area contributed by atoms with E-state index in [1.165, 1.54) is 25.7 Å². The van der Waals surface area contributed by atoms with Crippen molar-refractivity contribution in [2.24, 2.45) is 0 Å². The number of hydrogen-bond acceptors (Lipinski definition) is 2. The van der Waals surface area contributed by atoms with Crippen LogP contribution in [0.15, 0.2) is 15.0 Å². The fourth-order valence-corrected chi connectivity index (χ4v) is 3.28.